The molecule has 2 heteroatoms. The van der Waals surface area contributed by atoms with E-state index in [-0.39, 0.29) is 0 Å². The molecule has 0 fully saturated rings. The van der Waals surface area contributed by atoms with E-state index in [2.05, 4.69) is 18.3 Å². The van der Waals surface area contributed by atoms with Crippen molar-refractivity contribution in [3.8, 4) is 6.57 Å². The van der Waals surface area contributed by atoms with Crippen molar-refractivity contribution in [1.29, 1.82) is 0 Å². The number of amides is 1. The molecule has 2 aromatic carbocycles. The van der Waals surface area contributed by atoms with E-state index in [1.54, 1.807) is 0 Å². The van der Waals surface area contributed by atoms with Crippen LogP contribution in [-0.4, -0.2) is 5.91 Å². The van der Waals surface area contributed by atoms with Crippen LogP contribution in [0.3, 0.4) is 0 Å². The Bertz CT molecular complexity index is 855. The lowest BCUT2D eigenvalue weighted by Gasteiger charge is -2.04. The van der Waals surface area contributed by atoms with Gasteiger partial charge in [-0.25, -0.2) is 0 Å². The summed E-state index contributed by atoms with van der Waals surface area (Å²) in [6, 6.07) is 17.4. The quantitative estimate of drug-likeness (QED) is 0.846. The van der Waals surface area contributed by atoms with Crippen molar-refractivity contribution in [3.05, 3.63) is 81.5 Å². The number of carbonyl (C=O) groups is 1. The van der Waals surface area contributed by atoms with Crippen molar-refractivity contribution in [2.24, 2.45) is 0 Å². The molecule has 0 unspecified atom stereocenters. The topological polar surface area (TPSA) is 21.4 Å². The number of hydrogen-bond acceptors (Lipinski definition) is 1. The molecule has 108 valence electrons. The minimum Gasteiger partial charge on any atom is -0.196 e. The van der Waals surface area contributed by atoms with Gasteiger partial charge in [-0.05, 0) is 28.9 Å². The number of nitrogens with zero attached hydrogens (tertiary/aromatic N) is 1. The molecule has 2 nitrogen and oxygen atoms in total. The van der Waals surface area contributed by atoms with Crippen LogP contribution < -0.4 is 10.4 Å². The maximum atomic E-state index is 12.1. The molecule has 0 spiro atoms. The number of rotatable bonds is 4. The van der Waals surface area contributed by atoms with Crippen LogP contribution in [0.5, 0.6) is 0 Å². The Kier molecular flexibility index (Phi) is 5.06. The van der Waals surface area contributed by atoms with Crippen molar-refractivity contribution < 1.29 is 4.79 Å². The zero-order valence-corrected chi connectivity index (χ0v) is 12.6. The number of carbonyl (C=O) groups excluding carboxylic acids is 1. The standard InChI is InChI=1S/C20H18NO/c1-4-16(17-11-6-5-7-12-17)14-19(20(22)21-3)18-13-9-8-10-15(18)2/h3,5-14H,2,4H2,1H3/q+1/b16-14+,19-18+. The summed E-state index contributed by atoms with van der Waals surface area (Å²) in [6.07, 6.45) is 2.66. The highest BCUT2D eigenvalue weighted by molar-refractivity contribution is 6.23. The molecule has 0 aliphatic rings. The summed E-state index contributed by atoms with van der Waals surface area (Å²) in [5.74, 6) is -0.446. The van der Waals surface area contributed by atoms with Crippen molar-refractivity contribution in [2.75, 3.05) is 0 Å². The highest BCUT2D eigenvalue weighted by atomic mass is 16.1. The normalized spacial score (nSPS) is 12.5. The summed E-state index contributed by atoms with van der Waals surface area (Å²) >= 11 is 0. The first-order valence-electron chi connectivity index (χ1n) is 7.17. The second-order valence-electron chi connectivity index (χ2n) is 4.89. The third kappa shape index (κ3) is 3.39. The molecule has 1 amide bonds. The zero-order chi connectivity index (χ0) is 15.9. The molecule has 0 aromatic heterocycles. The van der Waals surface area contributed by atoms with Crippen molar-refractivity contribution in [2.45, 2.75) is 13.3 Å². The fraction of sp³-hybridized carbons (Fsp3) is 0.100. The summed E-state index contributed by atoms with van der Waals surface area (Å²) in [6.45, 7) is 11.3. The van der Waals surface area contributed by atoms with E-state index < -0.39 is 5.91 Å². The van der Waals surface area contributed by atoms with Gasteiger partial charge < -0.3 is 0 Å². The Labute approximate surface area is 130 Å². The first-order valence-corrected chi connectivity index (χ1v) is 7.17. The molecule has 0 saturated carbocycles. The van der Waals surface area contributed by atoms with Crippen molar-refractivity contribution in [1.82, 2.24) is 0 Å². The Morgan fingerprint density at radius 1 is 1.14 bits per heavy atom. The molecular formula is C20H18NO+. The fourth-order valence-electron chi connectivity index (χ4n) is 2.32. The van der Waals surface area contributed by atoms with Gasteiger partial charge in [0.05, 0.1) is 0 Å². The van der Waals surface area contributed by atoms with Gasteiger partial charge in [0.25, 0.3) is 6.57 Å². The van der Waals surface area contributed by atoms with Crippen molar-refractivity contribution >= 4 is 23.6 Å². The van der Waals surface area contributed by atoms with Gasteiger partial charge in [-0.2, -0.15) is 4.79 Å². The molecule has 22 heavy (non-hydrogen) atoms. The molecule has 0 aliphatic carbocycles. The summed E-state index contributed by atoms with van der Waals surface area (Å²) in [7, 11) is 0. The van der Waals surface area contributed by atoms with E-state index in [1.807, 2.05) is 60.7 Å². The van der Waals surface area contributed by atoms with Gasteiger partial charge in [-0.3, -0.25) is 0 Å². The molecular weight excluding hydrogens is 270 g/mol. The van der Waals surface area contributed by atoms with Gasteiger partial charge in [0.15, 0.2) is 0 Å². The Morgan fingerprint density at radius 2 is 1.77 bits per heavy atom. The van der Waals surface area contributed by atoms with Gasteiger partial charge >= 0.3 is 5.91 Å². The first-order chi connectivity index (χ1) is 10.7. The molecule has 0 radical (unpaired) electrons. The molecule has 0 bridgehead atoms. The summed E-state index contributed by atoms with van der Waals surface area (Å²) in [5.41, 5.74) is 2.60. The van der Waals surface area contributed by atoms with E-state index in [1.165, 1.54) is 0 Å². The van der Waals surface area contributed by atoms with E-state index in [9.17, 15) is 4.79 Å². The van der Waals surface area contributed by atoms with Gasteiger partial charge in [-0.1, -0.05) is 68.1 Å². The van der Waals surface area contributed by atoms with Crippen LogP contribution in [0, 0.1) is 6.57 Å². The van der Waals surface area contributed by atoms with E-state index in [0.29, 0.717) is 5.57 Å². The average Bonchev–Trinajstić information content (AvgIpc) is 2.57. The minimum atomic E-state index is -0.446. The molecule has 0 saturated heterocycles. The molecule has 2 rings (SSSR count). The molecule has 0 aliphatic heterocycles. The van der Waals surface area contributed by atoms with Crippen LogP contribution >= 0.6 is 0 Å². The largest absolute Gasteiger partial charge is 0.547 e. The highest BCUT2D eigenvalue weighted by Gasteiger charge is 2.18. The summed E-state index contributed by atoms with van der Waals surface area (Å²) in [4.78, 5) is 15.5. The number of hydrogen-bond donors (Lipinski definition) is 0. The van der Waals surface area contributed by atoms with E-state index >= 15 is 0 Å². The Balaban J connectivity index is 2.73. The lowest BCUT2D eigenvalue weighted by atomic mass is 9.99. The Morgan fingerprint density at radius 3 is 2.36 bits per heavy atom. The van der Waals surface area contributed by atoms with Gasteiger partial charge in [-0.15, -0.1) is 0 Å². The molecule has 0 atom stereocenters. The van der Waals surface area contributed by atoms with Crippen LogP contribution in [0.2, 0.25) is 0 Å². The van der Waals surface area contributed by atoms with E-state index in [4.69, 9.17) is 6.57 Å². The average molecular weight is 288 g/mol. The van der Waals surface area contributed by atoms with Crippen LogP contribution in [0.25, 0.3) is 22.6 Å². The second kappa shape index (κ2) is 7.19. The Hall–Kier alpha value is -2.92. The molecule has 2 aromatic rings. The predicted molar refractivity (Wildman–Crippen MR) is 92.6 cm³/mol. The summed E-state index contributed by atoms with van der Waals surface area (Å²) in [5, 5.41) is 1.53. The number of benzene rings is 2. The van der Waals surface area contributed by atoms with Crippen LogP contribution in [0.4, 0.5) is 0 Å². The third-order valence-electron chi connectivity index (χ3n) is 3.50. The lowest BCUT2D eigenvalue weighted by molar-refractivity contribution is -0.109. The van der Waals surface area contributed by atoms with Crippen LogP contribution in [0.15, 0.2) is 60.7 Å². The van der Waals surface area contributed by atoms with E-state index in [0.717, 1.165) is 28.0 Å². The summed E-state index contributed by atoms with van der Waals surface area (Å²) < 4.78 is 0. The smallest absolute Gasteiger partial charge is 0.196 e. The van der Waals surface area contributed by atoms with Gasteiger partial charge in [0.2, 0.25) is 0 Å². The van der Waals surface area contributed by atoms with Gasteiger partial charge in [0, 0.05) is 10.1 Å². The molecule has 0 heterocycles. The fourth-order valence-corrected chi connectivity index (χ4v) is 2.32. The van der Waals surface area contributed by atoms with Crippen LogP contribution in [-0.2, 0) is 4.79 Å². The first kappa shape index (κ1) is 15.5. The zero-order valence-electron chi connectivity index (χ0n) is 12.6. The maximum absolute atomic E-state index is 12.1. The maximum Gasteiger partial charge on any atom is 0.547 e. The SMILES string of the molecule is C#[N+]C(=O)C(/C=C(\CC)c1ccccc1)=c1\ccccc1=C. The monoisotopic (exact) mass is 288 g/mol. The lowest BCUT2D eigenvalue weighted by Crippen LogP contribution is -2.26. The van der Waals surface area contributed by atoms with Crippen molar-refractivity contribution in [3.63, 3.8) is 0 Å². The minimum absolute atomic E-state index is 0.446. The third-order valence-corrected chi connectivity index (χ3v) is 3.50. The predicted octanol–water partition coefficient (Wildman–Crippen LogP) is 3.23. The van der Waals surface area contributed by atoms with Crippen LogP contribution in [0.1, 0.15) is 18.9 Å². The van der Waals surface area contributed by atoms with Gasteiger partial charge in [0.1, 0.15) is 5.57 Å². The molecule has 0 N–H and O–H groups in total. The number of allylic oxidation sites excluding steroid dienone is 1. The highest BCUT2D eigenvalue weighted by Crippen LogP contribution is 2.20. The second-order valence-corrected chi connectivity index (χ2v) is 4.89.